The van der Waals surface area contributed by atoms with Crippen molar-refractivity contribution in [3.8, 4) is 0 Å². The summed E-state index contributed by atoms with van der Waals surface area (Å²) >= 11 is 0. The fourth-order valence-corrected chi connectivity index (χ4v) is 1.19. The predicted octanol–water partition coefficient (Wildman–Crippen LogP) is 1.56. The Labute approximate surface area is 99.2 Å². The van der Waals surface area contributed by atoms with Crippen LogP contribution in [0.5, 0.6) is 0 Å². The molecule has 0 saturated heterocycles. The number of nitro groups is 1. The minimum absolute atomic E-state index is 0.0136. The lowest BCUT2D eigenvalue weighted by atomic mass is 10.1. The molecule has 0 amide bonds. The smallest absolute Gasteiger partial charge is 0.269 e. The summed E-state index contributed by atoms with van der Waals surface area (Å²) in [4.78, 5) is 9.98. The molecule has 0 spiro atoms. The van der Waals surface area contributed by atoms with E-state index in [2.05, 4.69) is 0 Å². The van der Waals surface area contributed by atoms with E-state index in [0.717, 1.165) is 10.6 Å². The van der Waals surface area contributed by atoms with E-state index < -0.39 is 10.5 Å². The average molecular weight is 240 g/mol. The Balaban J connectivity index is 2.73. The van der Waals surface area contributed by atoms with Crippen LogP contribution >= 0.6 is 0 Å². The molecule has 0 atom stereocenters. The molecule has 0 fully saturated rings. The molecule has 17 heavy (non-hydrogen) atoms. The second kappa shape index (κ2) is 5.22. The Kier molecular flexibility index (Phi) is 4.17. The molecule has 94 valence electrons. The maximum Gasteiger partial charge on any atom is 0.269 e. The molecule has 0 aliphatic rings. The molecule has 1 rings (SSSR count). The van der Waals surface area contributed by atoms with E-state index >= 15 is 0 Å². The van der Waals surface area contributed by atoms with Gasteiger partial charge in [0.2, 0.25) is 0 Å². The number of nitrogens with zero attached hydrogens (tertiary/aromatic N) is 2. The Morgan fingerprint density at radius 1 is 1.35 bits per heavy atom. The molecule has 0 heterocycles. The van der Waals surface area contributed by atoms with Crippen LogP contribution in [0.15, 0.2) is 24.3 Å². The van der Waals surface area contributed by atoms with E-state index in [1.54, 1.807) is 26.0 Å². The third kappa shape index (κ3) is 3.48. The lowest BCUT2D eigenvalue weighted by molar-refractivity contribution is -0.384. The minimum Gasteiger partial charge on any atom is -0.394 e. The highest BCUT2D eigenvalue weighted by Crippen LogP contribution is 2.17. The maximum absolute atomic E-state index is 10.5. The highest BCUT2D eigenvalue weighted by molar-refractivity contribution is 5.32. The Morgan fingerprint density at radius 2 is 1.88 bits per heavy atom. The first-order valence-corrected chi connectivity index (χ1v) is 5.17. The molecule has 0 aromatic heterocycles. The fourth-order valence-electron chi connectivity index (χ4n) is 1.19. The summed E-state index contributed by atoms with van der Waals surface area (Å²) in [7, 11) is 0. The van der Waals surface area contributed by atoms with Crippen molar-refractivity contribution in [2.45, 2.75) is 25.9 Å². The van der Waals surface area contributed by atoms with E-state index in [1.165, 1.54) is 12.1 Å². The second-order valence-corrected chi connectivity index (χ2v) is 4.45. The van der Waals surface area contributed by atoms with E-state index in [4.69, 9.17) is 5.11 Å². The van der Waals surface area contributed by atoms with Gasteiger partial charge in [0.05, 0.1) is 17.1 Å². The number of hydrogen-bond acceptors (Lipinski definition) is 5. The van der Waals surface area contributed by atoms with E-state index in [0.29, 0.717) is 0 Å². The molecule has 1 aromatic carbocycles. The Hall–Kier alpha value is -1.50. The Morgan fingerprint density at radius 3 is 2.29 bits per heavy atom. The maximum atomic E-state index is 10.5. The van der Waals surface area contributed by atoms with Gasteiger partial charge in [-0.25, -0.2) is 0 Å². The van der Waals surface area contributed by atoms with Gasteiger partial charge in [0.1, 0.15) is 0 Å². The quantitative estimate of drug-likeness (QED) is 0.602. The standard InChI is InChI=1S/C11H16N2O4/c1-11(2,8-14)12(15)7-9-3-5-10(6-4-9)13(16)17/h3-6,14-15H,7-8H2,1-2H3. The molecule has 0 radical (unpaired) electrons. The lowest BCUT2D eigenvalue weighted by Gasteiger charge is -2.31. The summed E-state index contributed by atoms with van der Waals surface area (Å²) in [5.74, 6) is 0. The molecule has 0 aliphatic carbocycles. The van der Waals surface area contributed by atoms with Crippen molar-refractivity contribution < 1.29 is 15.2 Å². The van der Waals surface area contributed by atoms with Gasteiger partial charge in [0.15, 0.2) is 0 Å². The van der Waals surface area contributed by atoms with Gasteiger partial charge in [-0.3, -0.25) is 10.1 Å². The van der Waals surface area contributed by atoms with Crippen LogP contribution in [0.1, 0.15) is 19.4 Å². The van der Waals surface area contributed by atoms with Crippen LogP contribution < -0.4 is 0 Å². The number of hydroxylamine groups is 2. The SMILES string of the molecule is CC(C)(CO)N(O)Cc1ccc([N+](=O)[O-])cc1. The number of aliphatic hydroxyl groups is 1. The van der Waals surface area contributed by atoms with E-state index in [1.807, 2.05) is 0 Å². The van der Waals surface area contributed by atoms with Crippen LogP contribution in [0.2, 0.25) is 0 Å². The van der Waals surface area contributed by atoms with Crippen molar-refractivity contribution in [3.05, 3.63) is 39.9 Å². The van der Waals surface area contributed by atoms with E-state index in [9.17, 15) is 15.3 Å². The van der Waals surface area contributed by atoms with Crippen LogP contribution in [-0.4, -0.2) is 32.4 Å². The van der Waals surface area contributed by atoms with Gasteiger partial charge >= 0.3 is 0 Å². The van der Waals surface area contributed by atoms with Gasteiger partial charge in [-0.1, -0.05) is 12.1 Å². The molecule has 2 N–H and O–H groups in total. The number of benzene rings is 1. The largest absolute Gasteiger partial charge is 0.394 e. The van der Waals surface area contributed by atoms with Crippen LogP contribution in [-0.2, 0) is 6.54 Å². The van der Waals surface area contributed by atoms with Gasteiger partial charge in [0.25, 0.3) is 5.69 Å². The van der Waals surface area contributed by atoms with Crippen molar-refractivity contribution in [3.63, 3.8) is 0 Å². The summed E-state index contributed by atoms with van der Waals surface area (Å²) in [6, 6.07) is 5.92. The van der Waals surface area contributed by atoms with Crippen molar-refractivity contribution in [1.82, 2.24) is 5.06 Å². The molecule has 1 aromatic rings. The van der Waals surface area contributed by atoms with Crippen LogP contribution in [0.4, 0.5) is 5.69 Å². The number of nitro benzene ring substituents is 1. The second-order valence-electron chi connectivity index (χ2n) is 4.45. The third-order valence-electron chi connectivity index (χ3n) is 2.57. The fraction of sp³-hybridized carbons (Fsp3) is 0.455. The molecular weight excluding hydrogens is 224 g/mol. The summed E-state index contributed by atoms with van der Waals surface area (Å²) in [5.41, 5.74) is 0.00110. The molecule has 6 heteroatoms. The van der Waals surface area contributed by atoms with Crippen LogP contribution in [0, 0.1) is 10.1 Å². The average Bonchev–Trinajstić information content (AvgIpc) is 2.29. The first kappa shape index (κ1) is 13.6. The number of aliphatic hydroxyl groups excluding tert-OH is 1. The normalized spacial score (nSPS) is 11.8. The molecule has 6 nitrogen and oxygen atoms in total. The van der Waals surface area contributed by atoms with Crippen LogP contribution in [0.25, 0.3) is 0 Å². The molecule has 0 bridgehead atoms. The molecule has 0 saturated carbocycles. The van der Waals surface area contributed by atoms with Gasteiger partial charge in [-0.15, -0.1) is 0 Å². The lowest BCUT2D eigenvalue weighted by Crippen LogP contribution is -2.44. The highest BCUT2D eigenvalue weighted by atomic mass is 16.6. The first-order chi connectivity index (χ1) is 7.86. The monoisotopic (exact) mass is 240 g/mol. The Bertz CT molecular complexity index is 389. The van der Waals surface area contributed by atoms with Gasteiger partial charge in [0, 0.05) is 18.7 Å². The predicted molar refractivity (Wildman–Crippen MR) is 61.6 cm³/mol. The first-order valence-electron chi connectivity index (χ1n) is 5.17. The number of hydrogen-bond donors (Lipinski definition) is 2. The highest BCUT2D eigenvalue weighted by Gasteiger charge is 2.24. The van der Waals surface area contributed by atoms with Crippen molar-refractivity contribution >= 4 is 5.69 Å². The van der Waals surface area contributed by atoms with E-state index in [-0.39, 0.29) is 18.8 Å². The van der Waals surface area contributed by atoms with Crippen molar-refractivity contribution in [2.24, 2.45) is 0 Å². The van der Waals surface area contributed by atoms with Gasteiger partial charge in [-0.05, 0) is 19.4 Å². The van der Waals surface area contributed by atoms with Crippen molar-refractivity contribution in [2.75, 3.05) is 6.61 Å². The summed E-state index contributed by atoms with van der Waals surface area (Å²) < 4.78 is 0. The summed E-state index contributed by atoms with van der Waals surface area (Å²) in [6.45, 7) is 3.40. The zero-order chi connectivity index (χ0) is 13.1. The van der Waals surface area contributed by atoms with Gasteiger partial charge in [-0.2, -0.15) is 5.06 Å². The zero-order valence-electron chi connectivity index (χ0n) is 9.83. The number of non-ortho nitro benzene ring substituents is 1. The topological polar surface area (TPSA) is 86.8 Å². The summed E-state index contributed by atoms with van der Waals surface area (Å²) in [6.07, 6.45) is 0. The molecule has 0 aliphatic heterocycles. The summed E-state index contributed by atoms with van der Waals surface area (Å²) in [5, 5.41) is 30.3. The van der Waals surface area contributed by atoms with Gasteiger partial charge < -0.3 is 10.3 Å². The zero-order valence-corrected chi connectivity index (χ0v) is 9.83. The molecule has 0 unspecified atom stereocenters. The van der Waals surface area contributed by atoms with Crippen LogP contribution in [0.3, 0.4) is 0 Å². The van der Waals surface area contributed by atoms with Crippen molar-refractivity contribution in [1.29, 1.82) is 0 Å². The minimum atomic E-state index is -0.748. The molecular formula is C11H16N2O4. The third-order valence-corrected chi connectivity index (χ3v) is 2.57. The number of rotatable bonds is 5.